The molecule has 9 nitrogen and oxygen atoms in total. The van der Waals surface area contributed by atoms with Gasteiger partial charge >= 0.3 is 5.63 Å². The van der Waals surface area contributed by atoms with E-state index >= 15 is 0 Å². The van der Waals surface area contributed by atoms with Crippen molar-refractivity contribution < 1.29 is 19.6 Å². The van der Waals surface area contributed by atoms with Gasteiger partial charge in [-0.2, -0.15) is 0 Å². The van der Waals surface area contributed by atoms with Gasteiger partial charge in [0.15, 0.2) is 22.1 Å². The molecule has 0 spiro atoms. The molecule has 0 radical (unpaired) electrons. The maximum absolute atomic E-state index is 12.4. The molecule has 9 heteroatoms. The lowest BCUT2D eigenvalue weighted by atomic mass is 9.87. The highest BCUT2D eigenvalue weighted by Crippen LogP contribution is 2.29. The van der Waals surface area contributed by atoms with Crippen molar-refractivity contribution >= 4 is 27.5 Å². The fourth-order valence-corrected chi connectivity index (χ4v) is 3.12. The Morgan fingerprint density at radius 1 is 0.917 bits per heavy atom. The molecule has 4 rings (SSSR count). The summed E-state index contributed by atoms with van der Waals surface area (Å²) < 4.78 is 5.03. The van der Waals surface area contributed by atoms with Gasteiger partial charge in [-0.05, 0) is 6.07 Å². The fourth-order valence-electron chi connectivity index (χ4n) is 3.12. The Balaban J connectivity index is 2.56. The van der Waals surface area contributed by atoms with Crippen LogP contribution in [0.3, 0.4) is 0 Å². The maximum Gasteiger partial charge on any atom is 0.344 e. The van der Waals surface area contributed by atoms with Crippen LogP contribution in [0, 0.1) is 0 Å². The van der Waals surface area contributed by atoms with Crippen molar-refractivity contribution in [2.75, 3.05) is 0 Å². The molecule has 24 heavy (non-hydrogen) atoms. The van der Waals surface area contributed by atoms with Crippen molar-refractivity contribution in [1.82, 2.24) is 0 Å². The summed E-state index contributed by atoms with van der Waals surface area (Å²) in [5.74, 6) is -0.514. The third-order valence-electron chi connectivity index (χ3n) is 4.09. The predicted molar refractivity (Wildman–Crippen MR) is 77.6 cm³/mol. The number of rotatable bonds is 0. The summed E-state index contributed by atoms with van der Waals surface area (Å²) >= 11 is 0. The molecule has 2 aromatic carbocycles. The van der Waals surface area contributed by atoms with E-state index in [1.807, 2.05) is 0 Å². The van der Waals surface area contributed by atoms with E-state index in [2.05, 4.69) is 10.3 Å². The van der Waals surface area contributed by atoms with E-state index < -0.39 is 27.6 Å². The first-order valence-corrected chi connectivity index (χ1v) is 6.68. The first-order chi connectivity index (χ1) is 11.5. The zero-order valence-electron chi connectivity index (χ0n) is 11.7. The van der Waals surface area contributed by atoms with Crippen molar-refractivity contribution in [3.63, 3.8) is 0 Å². The number of nitrogens with zero attached hydrogens (tertiary/aromatic N) is 2. The van der Waals surface area contributed by atoms with Gasteiger partial charge in [0, 0.05) is 34.4 Å². The molecule has 2 N–H and O–H groups in total. The summed E-state index contributed by atoms with van der Waals surface area (Å²) in [7, 11) is 0. The smallest absolute Gasteiger partial charge is 0.344 e. The molecule has 0 aliphatic heterocycles. The van der Waals surface area contributed by atoms with Gasteiger partial charge in [0.2, 0.25) is 10.9 Å². The van der Waals surface area contributed by atoms with Gasteiger partial charge < -0.3 is 14.8 Å². The first kappa shape index (κ1) is 14.0. The molecular weight excluding hydrogens is 320 g/mol. The number of hydrogen-bond donors (Lipinski definition) is 2. The molecule has 118 valence electrons. The molecular formula is C15H6N2O7. The van der Waals surface area contributed by atoms with Crippen LogP contribution in [0.15, 0.2) is 41.2 Å². The average Bonchev–Trinajstić information content (AvgIpc) is 2.54. The van der Waals surface area contributed by atoms with Crippen LogP contribution < -0.4 is 27.2 Å². The first-order valence-electron chi connectivity index (χ1n) is 6.68. The zero-order valence-corrected chi connectivity index (χ0v) is 11.7. The Labute approximate surface area is 129 Å². The van der Waals surface area contributed by atoms with Crippen LogP contribution in [0.1, 0.15) is 15.9 Å². The normalized spacial score (nSPS) is 15.1. The molecule has 0 saturated heterocycles. The van der Waals surface area contributed by atoms with E-state index in [1.54, 1.807) is 0 Å². The van der Waals surface area contributed by atoms with E-state index in [-0.39, 0.29) is 44.6 Å². The van der Waals surface area contributed by atoms with Crippen LogP contribution in [-0.4, -0.2) is 16.2 Å². The number of carbonyl (C=O) groups excluding carboxylic acids is 1. The largest absolute Gasteiger partial charge is 0.420 e. The van der Waals surface area contributed by atoms with Crippen LogP contribution in [-0.2, 0) is 6.42 Å². The van der Waals surface area contributed by atoms with Gasteiger partial charge in [-0.15, -0.1) is 0 Å². The zero-order chi connectivity index (χ0) is 17.2. The van der Waals surface area contributed by atoms with Crippen LogP contribution >= 0.6 is 0 Å². The highest BCUT2D eigenvalue weighted by Gasteiger charge is 2.28. The second-order valence-corrected chi connectivity index (χ2v) is 5.29. The molecule has 0 fully saturated rings. The number of hydrogen-bond acceptors (Lipinski definition) is 9. The molecule has 0 bridgehead atoms. The number of carbonyl (C=O) groups is 1. The van der Waals surface area contributed by atoms with Crippen molar-refractivity contribution in [3.8, 4) is 0 Å². The van der Waals surface area contributed by atoms with Crippen molar-refractivity contribution in [3.05, 3.63) is 64.8 Å². The fraction of sp³-hybridized carbons (Fsp3) is 0.0667. The predicted octanol–water partition coefficient (Wildman–Crippen LogP) is -1.14. The summed E-state index contributed by atoms with van der Waals surface area (Å²) in [5, 5.41) is 23.1. The van der Waals surface area contributed by atoms with E-state index in [4.69, 9.17) is 14.8 Å². The molecule has 1 aliphatic rings. The molecule has 0 unspecified atom stereocenters. The molecule has 3 aromatic rings. The number of Topliss-reactive ketones (excluding diaryl/α,β-unsaturated/α-hetero) is 1. The highest BCUT2D eigenvalue weighted by molar-refractivity contribution is 6.21. The Bertz CT molecular complexity index is 1370. The minimum atomic E-state index is -0.934. The standard InChI is InChI=1S/C15H6N2O7/c18-7-2-5-10-6(3-8(19)12(5)16-22)15(21)24-14-11(10)4(7)1-9(20)13(14)17-23/h1,3,22-23H,2H2. The van der Waals surface area contributed by atoms with Crippen LogP contribution in [0.5, 0.6) is 0 Å². The Morgan fingerprint density at radius 2 is 1.58 bits per heavy atom. The SMILES string of the molecule is O=C1Cc2c(=NO)c(=O)cc3c(=O)oc4c(=NO)c(=O)cc1c4c23. The minimum Gasteiger partial charge on any atom is -0.420 e. The van der Waals surface area contributed by atoms with Gasteiger partial charge in [0.25, 0.3) is 0 Å². The van der Waals surface area contributed by atoms with E-state index in [0.29, 0.717) is 0 Å². The highest BCUT2D eigenvalue weighted by atomic mass is 16.4. The number of ketones is 1. The van der Waals surface area contributed by atoms with Crippen molar-refractivity contribution in [2.24, 2.45) is 10.3 Å². The molecule has 1 aliphatic carbocycles. The van der Waals surface area contributed by atoms with Gasteiger partial charge in [-0.25, -0.2) is 4.79 Å². The van der Waals surface area contributed by atoms with Crippen LogP contribution in [0.25, 0.3) is 21.7 Å². The molecule has 0 atom stereocenters. The van der Waals surface area contributed by atoms with E-state index in [9.17, 15) is 19.2 Å². The lowest BCUT2D eigenvalue weighted by Gasteiger charge is -2.15. The van der Waals surface area contributed by atoms with Gasteiger partial charge in [0.1, 0.15) is 0 Å². The van der Waals surface area contributed by atoms with Crippen LogP contribution in [0.4, 0.5) is 0 Å². The van der Waals surface area contributed by atoms with Crippen molar-refractivity contribution in [1.29, 1.82) is 0 Å². The molecule has 0 saturated carbocycles. The van der Waals surface area contributed by atoms with Gasteiger partial charge in [-0.1, -0.05) is 10.3 Å². The third-order valence-corrected chi connectivity index (χ3v) is 4.09. The lowest BCUT2D eigenvalue weighted by Crippen LogP contribution is -2.35. The number of benzene rings is 2. The minimum absolute atomic E-state index is 0.00816. The summed E-state index contributed by atoms with van der Waals surface area (Å²) in [6.07, 6.45) is -0.313. The summed E-state index contributed by atoms with van der Waals surface area (Å²) in [4.78, 5) is 48.5. The Kier molecular flexibility index (Phi) is 2.59. The molecule has 1 aromatic heterocycles. The second-order valence-electron chi connectivity index (χ2n) is 5.29. The van der Waals surface area contributed by atoms with Crippen molar-refractivity contribution in [2.45, 2.75) is 6.42 Å². The summed E-state index contributed by atoms with van der Waals surface area (Å²) in [6, 6.07) is 1.93. The topological polar surface area (TPSA) is 147 Å². The average molecular weight is 326 g/mol. The van der Waals surface area contributed by atoms with Gasteiger partial charge in [-0.3, -0.25) is 14.4 Å². The third kappa shape index (κ3) is 1.52. The quantitative estimate of drug-likeness (QED) is 0.230. The summed E-state index contributed by atoms with van der Waals surface area (Å²) in [6.45, 7) is 0. The van der Waals surface area contributed by atoms with E-state index in [1.165, 1.54) is 0 Å². The van der Waals surface area contributed by atoms with Crippen LogP contribution in [0.2, 0.25) is 0 Å². The second kappa shape index (κ2) is 4.44. The molecule has 1 heterocycles. The van der Waals surface area contributed by atoms with E-state index in [0.717, 1.165) is 12.1 Å². The van der Waals surface area contributed by atoms with Gasteiger partial charge in [0.05, 0.1) is 5.39 Å². The maximum atomic E-state index is 12.4. The molecule has 0 amide bonds. The lowest BCUT2D eigenvalue weighted by molar-refractivity contribution is 0.0993. The Morgan fingerprint density at radius 3 is 2.25 bits per heavy atom. The Hall–Kier alpha value is -3.62. The summed E-state index contributed by atoms with van der Waals surface area (Å²) in [5.41, 5.74) is -2.75. The monoisotopic (exact) mass is 326 g/mol.